The molecule has 0 fully saturated rings. The lowest BCUT2D eigenvalue weighted by Gasteiger charge is -2.19. The molecule has 0 saturated carbocycles. The number of hydrogen-bond acceptors (Lipinski definition) is 3. The van der Waals surface area contributed by atoms with Crippen molar-refractivity contribution in [1.29, 1.82) is 0 Å². The zero-order valence-corrected chi connectivity index (χ0v) is 15.7. The summed E-state index contributed by atoms with van der Waals surface area (Å²) < 4.78 is 32.1. The molecule has 0 aliphatic carbocycles. The van der Waals surface area contributed by atoms with Crippen LogP contribution in [-0.4, -0.2) is 10.9 Å². The van der Waals surface area contributed by atoms with Crippen molar-refractivity contribution in [3.63, 3.8) is 0 Å². The summed E-state index contributed by atoms with van der Waals surface area (Å²) in [6.07, 6.45) is 0.397. The molecule has 0 aliphatic rings. The monoisotopic (exact) mass is 362 g/mol. The largest absolute Gasteiger partial charge is 0.473 e. The molecule has 0 saturated heterocycles. The van der Waals surface area contributed by atoms with E-state index in [0.29, 0.717) is 23.7 Å². The van der Waals surface area contributed by atoms with Gasteiger partial charge in [0.2, 0.25) is 11.8 Å². The van der Waals surface area contributed by atoms with Gasteiger partial charge in [0.25, 0.3) is 0 Å². The van der Waals surface area contributed by atoms with Gasteiger partial charge in [-0.2, -0.15) is 0 Å². The number of aromatic nitrogens is 1. The van der Waals surface area contributed by atoms with Crippen LogP contribution in [0.2, 0.25) is 0 Å². The fourth-order valence-corrected chi connectivity index (χ4v) is 2.51. The first kappa shape index (κ1) is 19.8. The molecular weight excluding hydrogens is 338 g/mol. The maximum atomic E-state index is 13.7. The van der Waals surface area contributed by atoms with Crippen molar-refractivity contribution in [2.75, 3.05) is 5.32 Å². The number of rotatable bonds is 5. The van der Waals surface area contributed by atoms with Crippen molar-refractivity contribution in [1.82, 2.24) is 4.98 Å². The van der Waals surface area contributed by atoms with Gasteiger partial charge in [0, 0.05) is 24.1 Å². The Kier molecular flexibility index (Phi) is 5.95. The van der Waals surface area contributed by atoms with Crippen LogP contribution >= 0.6 is 0 Å². The van der Waals surface area contributed by atoms with Crippen molar-refractivity contribution in [2.24, 2.45) is 5.41 Å². The summed E-state index contributed by atoms with van der Waals surface area (Å²) in [7, 11) is 0. The Balaban J connectivity index is 2.09. The molecule has 6 heteroatoms. The summed E-state index contributed by atoms with van der Waals surface area (Å²) in [5, 5.41) is 2.89. The van der Waals surface area contributed by atoms with Gasteiger partial charge in [-0.3, -0.25) is 4.79 Å². The number of pyridine rings is 1. The summed E-state index contributed by atoms with van der Waals surface area (Å²) in [6.45, 7) is 9.54. The van der Waals surface area contributed by atoms with Crippen LogP contribution in [0.4, 0.5) is 14.5 Å². The van der Waals surface area contributed by atoms with Crippen LogP contribution in [0, 0.1) is 30.9 Å². The van der Waals surface area contributed by atoms with Gasteiger partial charge < -0.3 is 10.1 Å². The number of hydrogen-bond donors (Lipinski definition) is 1. The van der Waals surface area contributed by atoms with Crippen LogP contribution in [0.1, 0.15) is 44.0 Å². The molecule has 0 atom stereocenters. The molecule has 1 amide bonds. The third kappa shape index (κ3) is 5.51. The molecule has 1 heterocycles. The highest BCUT2D eigenvalue weighted by Crippen LogP contribution is 2.26. The zero-order valence-electron chi connectivity index (χ0n) is 15.7. The Morgan fingerprint density at radius 3 is 2.46 bits per heavy atom. The molecule has 1 aromatic carbocycles. The second kappa shape index (κ2) is 7.81. The molecule has 26 heavy (non-hydrogen) atoms. The molecule has 1 aromatic heterocycles. The third-order valence-electron chi connectivity index (χ3n) is 3.72. The predicted octanol–water partition coefficient (Wildman–Crippen LogP) is 4.93. The number of nitrogens with zero attached hydrogens (tertiary/aromatic N) is 1. The van der Waals surface area contributed by atoms with E-state index in [-0.39, 0.29) is 23.5 Å². The van der Waals surface area contributed by atoms with Gasteiger partial charge in [0.15, 0.2) is 0 Å². The Hall–Kier alpha value is -2.50. The average molecular weight is 362 g/mol. The first-order valence-corrected chi connectivity index (χ1v) is 8.40. The van der Waals surface area contributed by atoms with Crippen molar-refractivity contribution >= 4 is 11.6 Å². The number of carbonyl (C=O) groups is 1. The van der Waals surface area contributed by atoms with Gasteiger partial charge >= 0.3 is 0 Å². The first-order chi connectivity index (χ1) is 12.0. The fourth-order valence-electron chi connectivity index (χ4n) is 2.51. The highest BCUT2D eigenvalue weighted by molar-refractivity contribution is 5.92. The van der Waals surface area contributed by atoms with E-state index in [9.17, 15) is 13.6 Å². The summed E-state index contributed by atoms with van der Waals surface area (Å²) in [5.74, 6) is -1.05. The number of amides is 1. The predicted molar refractivity (Wildman–Crippen MR) is 97.1 cm³/mol. The van der Waals surface area contributed by atoms with E-state index in [0.717, 1.165) is 11.6 Å². The van der Waals surface area contributed by atoms with Gasteiger partial charge in [0.05, 0.1) is 11.4 Å². The minimum absolute atomic E-state index is 0.0618. The minimum atomic E-state index is -0.662. The van der Waals surface area contributed by atoms with Crippen LogP contribution in [0.15, 0.2) is 24.3 Å². The molecule has 0 unspecified atom stereocenters. The van der Waals surface area contributed by atoms with E-state index < -0.39 is 11.6 Å². The Morgan fingerprint density at radius 2 is 1.88 bits per heavy atom. The molecular formula is C20H24F2N2O2. The van der Waals surface area contributed by atoms with Crippen molar-refractivity contribution < 1.29 is 18.3 Å². The van der Waals surface area contributed by atoms with E-state index in [4.69, 9.17) is 4.74 Å². The van der Waals surface area contributed by atoms with Crippen LogP contribution in [0.3, 0.4) is 0 Å². The average Bonchev–Trinajstić information content (AvgIpc) is 2.48. The Labute approximate surface area is 152 Å². The highest BCUT2D eigenvalue weighted by atomic mass is 19.1. The number of anilines is 1. The molecule has 1 N–H and O–H groups in total. The number of nitrogens with one attached hydrogen (secondary N) is 1. The summed E-state index contributed by atoms with van der Waals surface area (Å²) in [5.41, 5.74) is 2.20. The minimum Gasteiger partial charge on any atom is -0.473 e. The normalized spacial score (nSPS) is 11.3. The lowest BCUT2D eigenvalue weighted by Crippen LogP contribution is -2.21. The zero-order chi connectivity index (χ0) is 19.5. The molecule has 0 bridgehead atoms. The summed E-state index contributed by atoms with van der Waals surface area (Å²) >= 11 is 0. The van der Waals surface area contributed by atoms with E-state index in [1.807, 2.05) is 27.7 Å². The molecule has 2 aromatic rings. The Morgan fingerprint density at radius 1 is 1.19 bits per heavy atom. The van der Waals surface area contributed by atoms with Crippen molar-refractivity contribution in [3.8, 4) is 5.88 Å². The highest BCUT2D eigenvalue weighted by Gasteiger charge is 2.18. The molecule has 4 nitrogen and oxygen atoms in total. The van der Waals surface area contributed by atoms with Crippen LogP contribution in [-0.2, 0) is 11.4 Å². The van der Waals surface area contributed by atoms with E-state index in [1.165, 1.54) is 12.1 Å². The standard InChI is InChI=1S/C20H24F2N2O2/c1-12-8-18(26-11-14-6-7-15(21)9-16(14)22)23-13(2)19(12)24-17(25)10-20(3,4)5/h6-9H,10-11H2,1-5H3,(H,24,25). The van der Waals surface area contributed by atoms with Crippen molar-refractivity contribution in [2.45, 2.75) is 47.6 Å². The maximum absolute atomic E-state index is 13.7. The summed E-state index contributed by atoms with van der Waals surface area (Å²) in [4.78, 5) is 16.5. The fraction of sp³-hybridized carbons (Fsp3) is 0.400. The second-order valence-electron chi connectivity index (χ2n) is 7.55. The van der Waals surface area contributed by atoms with E-state index in [1.54, 1.807) is 13.0 Å². The van der Waals surface area contributed by atoms with Gasteiger partial charge in [-0.1, -0.05) is 20.8 Å². The topological polar surface area (TPSA) is 51.2 Å². The quantitative estimate of drug-likeness (QED) is 0.820. The van der Waals surface area contributed by atoms with Gasteiger partial charge in [-0.25, -0.2) is 13.8 Å². The molecule has 2 rings (SSSR count). The maximum Gasteiger partial charge on any atom is 0.224 e. The lowest BCUT2D eigenvalue weighted by molar-refractivity contribution is -0.117. The van der Waals surface area contributed by atoms with E-state index in [2.05, 4.69) is 10.3 Å². The Bertz CT molecular complexity index is 791. The number of ether oxygens (including phenoxy) is 1. The van der Waals surface area contributed by atoms with Gasteiger partial charge in [-0.15, -0.1) is 0 Å². The van der Waals surface area contributed by atoms with Crippen LogP contribution < -0.4 is 10.1 Å². The number of benzene rings is 1. The molecule has 0 radical (unpaired) electrons. The number of aryl methyl sites for hydroxylation is 2. The van der Waals surface area contributed by atoms with Gasteiger partial charge in [0.1, 0.15) is 18.2 Å². The lowest BCUT2D eigenvalue weighted by atomic mass is 9.92. The number of halogens is 2. The molecule has 140 valence electrons. The number of carbonyl (C=O) groups excluding carboxylic acids is 1. The smallest absolute Gasteiger partial charge is 0.224 e. The first-order valence-electron chi connectivity index (χ1n) is 8.40. The molecule has 0 aliphatic heterocycles. The van der Waals surface area contributed by atoms with Crippen LogP contribution in [0.5, 0.6) is 5.88 Å². The van der Waals surface area contributed by atoms with Crippen LogP contribution in [0.25, 0.3) is 0 Å². The molecule has 0 spiro atoms. The SMILES string of the molecule is Cc1cc(OCc2ccc(F)cc2F)nc(C)c1NC(=O)CC(C)(C)C. The van der Waals surface area contributed by atoms with Gasteiger partial charge in [-0.05, 0) is 37.0 Å². The second-order valence-corrected chi connectivity index (χ2v) is 7.55. The summed E-state index contributed by atoms with van der Waals surface area (Å²) in [6, 6.07) is 5.02. The van der Waals surface area contributed by atoms with E-state index >= 15 is 0 Å². The third-order valence-corrected chi connectivity index (χ3v) is 3.72. The van der Waals surface area contributed by atoms with Crippen molar-refractivity contribution in [3.05, 3.63) is 52.7 Å².